The molecule has 0 bridgehead atoms. The molecule has 0 aliphatic heterocycles. The summed E-state index contributed by atoms with van der Waals surface area (Å²) in [5.41, 5.74) is 1.46. The SMILES string of the molecule is CN(Cc1cc(Cl)cc2cccnc12)CC(C)(CO)CO. The van der Waals surface area contributed by atoms with Crippen LogP contribution in [0.4, 0.5) is 0 Å². The molecule has 0 aliphatic rings. The van der Waals surface area contributed by atoms with E-state index in [1.54, 1.807) is 6.20 Å². The predicted molar refractivity (Wildman–Crippen MR) is 85.4 cm³/mol. The van der Waals surface area contributed by atoms with E-state index in [0.717, 1.165) is 16.5 Å². The zero-order valence-electron chi connectivity index (χ0n) is 12.4. The van der Waals surface area contributed by atoms with Crippen molar-refractivity contribution in [3.8, 4) is 0 Å². The maximum absolute atomic E-state index is 9.40. The molecule has 4 nitrogen and oxygen atoms in total. The summed E-state index contributed by atoms with van der Waals surface area (Å²) in [7, 11) is 1.96. The lowest BCUT2D eigenvalue weighted by Crippen LogP contribution is -2.38. The second kappa shape index (κ2) is 6.71. The van der Waals surface area contributed by atoms with Crippen LogP contribution in [0.5, 0.6) is 0 Å². The molecular formula is C16H21ClN2O2. The van der Waals surface area contributed by atoms with Crippen molar-refractivity contribution in [2.75, 3.05) is 26.8 Å². The van der Waals surface area contributed by atoms with E-state index in [1.807, 2.05) is 38.2 Å². The van der Waals surface area contributed by atoms with Gasteiger partial charge in [-0.15, -0.1) is 0 Å². The molecule has 5 heteroatoms. The number of benzene rings is 1. The van der Waals surface area contributed by atoms with E-state index in [-0.39, 0.29) is 13.2 Å². The van der Waals surface area contributed by atoms with Crippen LogP contribution in [0.15, 0.2) is 30.5 Å². The van der Waals surface area contributed by atoms with Gasteiger partial charge < -0.3 is 15.1 Å². The van der Waals surface area contributed by atoms with Crippen molar-refractivity contribution in [3.63, 3.8) is 0 Å². The van der Waals surface area contributed by atoms with Crippen molar-refractivity contribution in [1.82, 2.24) is 9.88 Å². The molecule has 114 valence electrons. The highest BCUT2D eigenvalue weighted by atomic mass is 35.5. The Hall–Kier alpha value is -1.20. The van der Waals surface area contributed by atoms with Crippen LogP contribution in [0.2, 0.25) is 5.02 Å². The monoisotopic (exact) mass is 308 g/mol. The number of nitrogens with zero attached hydrogens (tertiary/aromatic N) is 2. The number of rotatable bonds is 6. The normalized spacial score (nSPS) is 12.3. The average Bonchev–Trinajstić information content (AvgIpc) is 2.46. The maximum atomic E-state index is 9.40. The van der Waals surface area contributed by atoms with Gasteiger partial charge >= 0.3 is 0 Å². The highest BCUT2D eigenvalue weighted by Gasteiger charge is 2.24. The molecule has 21 heavy (non-hydrogen) atoms. The second-order valence-electron chi connectivity index (χ2n) is 5.94. The van der Waals surface area contributed by atoms with Crippen molar-refractivity contribution < 1.29 is 10.2 Å². The predicted octanol–water partition coefficient (Wildman–Crippen LogP) is 2.31. The number of hydrogen-bond donors (Lipinski definition) is 2. The van der Waals surface area contributed by atoms with Gasteiger partial charge in [-0.05, 0) is 30.8 Å². The molecule has 0 unspecified atom stereocenters. The van der Waals surface area contributed by atoms with Gasteiger partial charge in [0.15, 0.2) is 0 Å². The van der Waals surface area contributed by atoms with Crippen molar-refractivity contribution in [1.29, 1.82) is 0 Å². The summed E-state index contributed by atoms with van der Waals surface area (Å²) in [5, 5.41) is 20.5. The van der Waals surface area contributed by atoms with Crippen LogP contribution in [0, 0.1) is 5.41 Å². The number of hydrogen-bond acceptors (Lipinski definition) is 4. The minimum Gasteiger partial charge on any atom is -0.396 e. The van der Waals surface area contributed by atoms with Gasteiger partial charge in [-0.1, -0.05) is 24.6 Å². The first-order chi connectivity index (χ1) is 9.97. The number of fused-ring (bicyclic) bond motifs is 1. The van der Waals surface area contributed by atoms with E-state index >= 15 is 0 Å². The lowest BCUT2D eigenvalue weighted by atomic mass is 9.92. The third-order valence-electron chi connectivity index (χ3n) is 3.60. The summed E-state index contributed by atoms with van der Waals surface area (Å²) in [4.78, 5) is 6.49. The topological polar surface area (TPSA) is 56.6 Å². The Morgan fingerprint density at radius 3 is 2.67 bits per heavy atom. The van der Waals surface area contributed by atoms with Gasteiger partial charge in [0, 0.05) is 35.1 Å². The fourth-order valence-corrected chi connectivity index (χ4v) is 2.75. The quantitative estimate of drug-likeness (QED) is 0.860. The van der Waals surface area contributed by atoms with E-state index in [2.05, 4.69) is 9.88 Å². The Balaban J connectivity index is 2.23. The summed E-state index contributed by atoms with van der Waals surface area (Å²) < 4.78 is 0. The molecule has 1 aromatic heterocycles. The highest BCUT2D eigenvalue weighted by Crippen LogP contribution is 2.24. The Morgan fingerprint density at radius 1 is 1.29 bits per heavy atom. The first kappa shape index (κ1) is 16.2. The molecule has 2 aromatic rings. The molecule has 0 amide bonds. The van der Waals surface area contributed by atoms with Crippen LogP contribution in [-0.4, -0.2) is 46.9 Å². The molecule has 0 aliphatic carbocycles. The second-order valence-corrected chi connectivity index (χ2v) is 6.38. The fraction of sp³-hybridized carbons (Fsp3) is 0.438. The zero-order valence-corrected chi connectivity index (χ0v) is 13.1. The molecule has 0 fully saturated rings. The van der Waals surface area contributed by atoms with E-state index < -0.39 is 5.41 Å². The summed E-state index contributed by atoms with van der Waals surface area (Å²) in [6.07, 6.45) is 1.77. The summed E-state index contributed by atoms with van der Waals surface area (Å²) in [6.45, 7) is 2.99. The lowest BCUT2D eigenvalue weighted by Gasteiger charge is -2.30. The largest absolute Gasteiger partial charge is 0.396 e. The molecular weight excluding hydrogens is 288 g/mol. The average molecular weight is 309 g/mol. The summed E-state index contributed by atoms with van der Waals surface area (Å²) in [5.74, 6) is 0. The number of aliphatic hydroxyl groups is 2. The van der Waals surface area contributed by atoms with Gasteiger partial charge in [0.25, 0.3) is 0 Å². The van der Waals surface area contributed by atoms with Crippen LogP contribution in [0.25, 0.3) is 10.9 Å². The Bertz CT molecular complexity index is 614. The van der Waals surface area contributed by atoms with Gasteiger partial charge in [-0.25, -0.2) is 0 Å². The van der Waals surface area contributed by atoms with Crippen LogP contribution in [-0.2, 0) is 6.54 Å². The third-order valence-corrected chi connectivity index (χ3v) is 3.82. The van der Waals surface area contributed by atoms with Gasteiger partial charge in [-0.2, -0.15) is 0 Å². The number of pyridine rings is 1. The van der Waals surface area contributed by atoms with Crippen molar-refractivity contribution >= 4 is 22.5 Å². The first-order valence-electron chi connectivity index (χ1n) is 6.91. The van der Waals surface area contributed by atoms with E-state index in [4.69, 9.17) is 11.6 Å². The minimum atomic E-state index is -0.517. The minimum absolute atomic E-state index is 0.0532. The van der Waals surface area contributed by atoms with E-state index in [1.165, 1.54) is 0 Å². The van der Waals surface area contributed by atoms with Crippen LogP contribution < -0.4 is 0 Å². The van der Waals surface area contributed by atoms with Crippen molar-refractivity contribution in [2.45, 2.75) is 13.5 Å². The van der Waals surface area contributed by atoms with Gasteiger partial charge in [0.1, 0.15) is 0 Å². The summed E-state index contributed by atoms with van der Waals surface area (Å²) >= 11 is 6.17. The number of halogens is 1. The van der Waals surface area contributed by atoms with Gasteiger partial charge in [0.05, 0.1) is 18.7 Å². The van der Waals surface area contributed by atoms with E-state index in [9.17, 15) is 10.2 Å². The molecule has 0 radical (unpaired) electrons. The molecule has 0 saturated carbocycles. The smallest absolute Gasteiger partial charge is 0.0747 e. The van der Waals surface area contributed by atoms with E-state index in [0.29, 0.717) is 18.1 Å². The van der Waals surface area contributed by atoms with Crippen LogP contribution >= 0.6 is 11.6 Å². The maximum Gasteiger partial charge on any atom is 0.0747 e. The van der Waals surface area contributed by atoms with Crippen LogP contribution in [0.1, 0.15) is 12.5 Å². The standard InChI is InChI=1S/C16H21ClN2O2/c1-16(10-20,11-21)9-19(2)8-13-7-14(17)6-12-4-3-5-18-15(12)13/h3-7,20-21H,8-11H2,1-2H3. The molecule has 2 N–H and O–H groups in total. The Morgan fingerprint density at radius 2 is 2.00 bits per heavy atom. The lowest BCUT2D eigenvalue weighted by molar-refractivity contribution is 0.0403. The molecule has 0 spiro atoms. The molecule has 2 rings (SSSR count). The third kappa shape index (κ3) is 3.92. The number of aromatic nitrogens is 1. The van der Waals surface area contributed by atoms with Crippen molar-refractivity contribution in [3.05, 3.63) is 41.0 Å². The summed E-state index contributed by atoms with van der Waals surface area (Å²) in [6, 6.07) is 7.70. The Labute approximate surface area is 130 Å². The molecule has 1 aromatic carbocycles. The van der Waals surface area contributed by atoms with Crippen molar-refractivity contribution in [2.24, 2.45) is 5.41 Å². The first-order valence-corrected chi connectivity index (χ1v) is 7.29. The van der Waals surface area contributed by atoms with Gasteiger partial charge in [-0.3, -0.25) is 4.98 Å². The molecule has 0 saturated heterocycles. The molecule has 1 heterocycles. The highest BCUT2D eigenvalue weighted by molar-refractivity contribution is 6.31. The van der Waals surface area contributed by atoms with Crippen LogP contribution in [0.3, 0.4) is 0 Å². The van der Waals surface area contributed by atoms with Gasteiger partial charge in [0.2, 0.25) is 0 Å². The Kier molecular flexibility index (Phi) is 5.17. The number of aliphatic hydroxyl groups excluding tert-OH is 2. The zero-order chi connectivity index (χ0) is 15.5. The molecule has 0 atom stereocenters. The fourth-order valence-electron chi connectivity index (χ4n) is 2.50.